The summed E-state index contributed by atoms with van der Waals surface area (Å²) in [6.45, 7) is 7.02. The van der Waals surface area contributed by atoms with Crippen molar-refractivity contribution in [1.29, 1.82) is 0 Å². The van der Waals surface area contributed by atoms with Gasteiger partial charge >= 0.3 is 11.9 Å². The van der Waals surface area contributed by atoms with Gasteiger partial charge in [-0.05, 0) is 185 Å². The molecule has 6 aliphatic carbocycles. The third-order valence-electron chi connectivity index (χ3n) is 23.0. The maximum absolute atomic E-state index is 16.6. The fourth-order valence-electron chi connectivity index (χ4n) is 19.2. The fraction of sp³-hybridized carbons (Fsp3) is 0.723. The minimum atomic E-state index is -1.72. The summed E-state index contributed by atoms with van der Waals surface area (Å²) in [5, 5.41) is 42.1. The number of rotatable bonds is 8. The number of hydrogen-bond donors (Lipinski definition) is 3. The zero-order valence-electron chi connectivity index (χ0n) is 45.1. The second-order valence-corrected chi connectivity index (χ2v) is 29.4. The largest absolute Gasteiger partial charge is 0.462 e. The lowest BCUT2D eigenvalue weighted by Gasteiger charge is -2.71. The molecule has 0 amide bonds. The van der Waals surface area contributed by atoms with Crippen molar-refractivity contribution in [3.05, 3.63) is 83.4 Å². The van der Waals surface area contributed by atoms with Gasteiger partial charge in [-0.1, -0.05) is 134 Å². The van der Waals surface area contributed by atoms with Crippen molar-refractivity contribution in [2.24, 2.45) is 62.6 Å². The molecule has 7 fully saturated rings. The molecule has 2 spiro atoms. The summed E-state index contributed by atoms with van der Waals surface area (Å²) in [5.74, 6) is 9.75. The standard InChI is InChI=1S/C65H88O7S2/c1-45-20-23-54(66)65-55(67)26-33-60(3,50-25-34-61(39-50)28-13-14-29-61)57(65)53-41-59(2,64(65,70)35-24-47-38-56(68)71-42-47)27-15-32-63(58(69)72-53)40-51(62(30-11-6-12-31-62)49-18-9-5-10-19-49)21-22-52(63)44-74-73-43-48(36-45)37-46-16-7-4-8-17-46/h4-5,7-10,16-19,38,45,48,50-55,57,66-67,70H,6,11-14,20-26,28-37,39-44H2,1-3H3/t45-,48+,50+,51+,52-,53-,54-,55-,57+,59+,60+,63-,64-,65+/m1/s1. The highest BCUT2D eigenvalue weighted by Crippen LogP contribution is 2.73. The van der Waals surface area contributed by atoms with Crippen LogP contribution in [0.5, 0.6) is 0 Å². The van der Waals surface area contributed by atoms with Crippen LogP contribution in [0.25, 0.3) is 0 Å². The predicted molar refractivity (Wildman–Crippen MR) is 298 cm³/mol. The van der Waals surface area contributed by atoms with Gasteiger partial charge in [-0.15, -0.1) is 5.92 Å². The number of aliphatic hydroxyl groups is 3. The highest BCUT2D eigenvalue weighted by Gasteiger charge is 2.78. The molecule has 7 nitrogen and oxygen atoms in total. The second kappa shape index (κ2) is 21.1. The first-order valence-electron chi connectivity index (χ1n) is 29.7. The highest BCUT2D eigenvalue weighted by molar-refractivity contribution is 8.76. The van der Waals surface area contributed by atoms with Gasteiger partial charge in [-0.25, -0.2) is 4.79 Å². The summed E-state index contributed by atoms with van der Waals surface area (Å²) in [6.07, 6.45) is 21.3. The molecule has 3 N–H and O–H groups in total. The maximum atomic E-state index is 16.6. The Labute approximate surface area is 452 Å². The molecule has 14 atom stereocenters. The van der Waals surface area contributed by atoms with E-state index in [9.17, 15) is 20.1 Å². The van der Waals surface area contributed by atoms with Crippen molar-refractivity contribution in [1.82, 2.24) is 0 Å². The van der Waals surface area contributed by atoms with Gasteiger partial charge in [0.05, 0.1) is 34.1 Å². The number of esters is 2. The van der Waals surface area contributed by atoms with Crippen LogP contribution in [0.2, 0.25) is 0 Å². The van der Waals surface area contributed by atoms with Gasteiger partial charge in [-0.3, -0.25) is 4.79 Å². The van der Waals surface area contributed by atoms with Gasteiger partial charge < -0.3 is 24.8 Å². The van der Waals surface area contributed by atoms with Gasteiger partial charge in [0.1, 0.15) is 12.7 Å². The third-order valence-corrected chi connectivity index (χ3v) is 25.6. The SMILES string of the molecule is C[C@@H]1CC[C@@H](O)[C@]23[C@H](O)CC[C@@](C)([C@H]4CCC5(CCCC5)C4)[C@@H]2[C@H]2C[C@](C)(C#CC[C@]4(C[C@@H](C5(c6ccccc6)CCCCC5)CC[C@@H]4CSSC[C@H](Cc4ccccc4)C1)C(=O)O2)[C@]3(O)CCC1=CC(=O)OC1. The molecule has 9 heteroatoms. The van der Waals surface area contributed by atoms with Crippen molar-refractivity contribution in [3.63, 3.8) is 0 Å². The number of fused-ring (bicyclic) bond motifs is 2. The second-order valence-electron chi connectivity index (χ2n) is 26.8. The molecule has 6 saturated carbocycles. The summed E-state index contributed by atoms with van der Waals surface area (Å²) < 4.78 is 13.1. The minimum absolute atomic E-state index is 0.0335. The zero-order valence-corrected chi connectivity index (χ0v) is 46.8. The molecule has 0 radical (unpaired) electrons. The lowest BCUT2D eigenvalue weighted by Crippen LogP contribution is -2.79. The molecule has 4 bridgehead atoms. The molecule has 0 unspecified atom stereocenters. The van der Waals surface area contributed by atoms with Crippen molar-refractivity contribution in [3.8, 4) is 11.8 Å². The van der Waals surface area contributed by atoms with Crippen molar-refractivity contribution in [2.45, 2.75) is 211 Å². The monoisotopic (exact) mass is 1040 g/mol. The smallest absolute Gasteiger partial charge is 0.331 e. The van der Waals surface area contributed by atoms with Crippen LogP contribution < -0.4 is 0 Å². The van der Waals surface area contributed by atoms with E-state index >= 15 is 4.79 Å². The molecule has 0 aromatic heterocycles. The number of benzene rings is 2. The first-order valence-corrected chi connectivity index (χ1v) is 32.2. The van der Waals surface area contributed by atoms with Crippen LogP contribution in [0.4, 0.5) is 0 Å². The predicted octanol–water partition coefficient (Wildman–Crippen LogP) is 13.6. The fourth-order valence-corrected chi connectivity index (χ4v) is 22.1. The first kappa shape index (κ1) is 53.3. The quantitative estimate of drug-likeness (QED) is 0.135. The van der Waals surface area contributed by atoms with Crippen LogP contribution in [0.15, 0.2) is 72.3 Å². The van der Waals surface area contributed by atoms with E-state index in [-0.39, 0.29) is 54.1 Å². The lowest BCUT2D eigenvalue weighted by molar-refractivity contribution is -0.338. The van der Waals surface area contributed by atoms with Gasteiger partial charge in [0.2, 0.25) is 0 Å². The average Bonchev–Trinajstić information content (AvgIpc) is 4.19. The van der Waals surface area contributed by atoms with Crippen LogP contribution in [-0.2, 0) is 30.9 Å². The van der Waals surface area contributed by atoms with E-state index < -0.39 is 51.5 Å². The Morgan fingerprint density at radius 1 is 0.716 bits per heavy atom. The van der Waals surface area contributed by atoms with Crippen LogP contribution in [-0.4, -0.2) is 69.3 Å². The lowest BCUT2D eigenvalue weighted by atomic mass is 9.35. The van der Waals surface area contributed by atoms with E-state index in [1.807, 2.05) is 21.6 Å². The Morgan fingerprint density at radius 3 is 2.16 bits per heavy atom. The Kier molecular flexibility index (Phi) is 15.2. The number of ether oxygens (including phenoxy) is 2. The van der Waals surface area contributed by atoms with E-state index in [0.717, 1.165) is 87.7 Å². The Balaban J connectivity index is 1.09. The minimum Gasteiger partial charge on any atom is -0.462 e. The average molecular weight is 1050 g/mol. The maximum Gasteiger partial charge on any atom is 0.331 e. The van der Waals surface area contributed by atoms with E-state index in [1.165, 1.54) is 62.5 Å². The van der Waals surface area contributed by atoms with E-state index in [2.05, 4.69) is 93.3 Å². The summed E-state index contributed by atoms with van der Waals surface area (Å²) >= 11 is 0. The third kappa shape index (κ3) is 9.20. The molecular weight excluding hydrogens is 957 g/mol. The molecule has 3 heterocycles. The van der Waals surface area contributed by atoms with Crippen LogP contribution >= 0.6 is 21.6 Å². The first-order chi connectivity index (χ1) is 35.7. The van der Waals surface area contributed by atoms with Crippen LogP contribution in [0, 0.1) is 74.4 Å². The van der Waals surface area contributed by atoms with Crippen molar-refractivity contribution < 1.29 is 34.4 Å². The van der Waals surface area contributed by atoms with E-state index in [0.29, 0.717) is 43.4 Å². The molecule has 3 aliphatic heterocycles. The number of carbonyl (C=O) groups excluding carboxylic acids is 2. The molecule has 2 aromatic carbocycles. The molecular formula is C65H88O7S2. The molecule has 2 aromatic rings. The van der Waals surface area contributed by atoms with Crippen LogP contribution in [0.3, 0.4) is 0 Å². The summed E-state index contributed by atoms with van der Waals surface area (Å²) in [6, 6.07) is 22.1. The summed E-state index contributed by atoms with van der Waals surface area (Å²) in [4.78, 5) is 29.2. The number of aliphatic hydroxyl groups excluding tert-OH is 2. The molecule has 11 rings (SSSR count). The highest BCUT2D eigenvalue weighted by atomic mass is 33.1. The molecule has 74 heavy (non-hydrogen) atoms. The number of hydrogen-bond acceptors (Lipinski definition) is 9. The number of carbonyl (C=O) groups is 2. The summed E-state index contributed by atoms with van der Waals surface area (Å²) in [7, 11) is 3.93. The normalized spacial score (nSPS) is 42.1. The van der Waals surface area contributed by atoms with Gasteiger partial charge in [0.15, 0.2) is 0 Å². The van der Waals surface area contributed by atoms with Crippen molar-refractivity contribution >= 4 is 33.5 Å². The Hall–Kier alpha value is -2.74. The van der Waals surface area contributed by atoms with Crippen LogP contribution in [0.1, 0.15) is 186 Å². The van der Waals surface area contributed by atoms with Gasteiger partial charge in [0, 0.05) is 36.3 Å². The van der Waals surface area contributed by atoms with E-state index in [1.54, 1.807) is 6.08 Å². The van der Waals surface area contributed by atoms with Gasteiger partial charge in [-0.2, -0.15) is 0 Å². The topological polar surface area (TPSA) is 113 Å². The molecule has 1 saturated heterocycles. The Bertz CT molecular complexity index is 2420. The number of cyclic esters (lactones) is 1. The molecule has 402 valence electrons. The summed E-state index contributed by atoms with van der Waals surface area (Å²) in [5.41, 5.74) is -1.87. The molecule has 9 aliphatic rings. The van der Waals surface area contributed by atoms with Gasteiger partial charge in [0.25, 0.3) is 0 Å². The zero-order chi connectivity index (χ0) is 51.4. The Morgan fingerprint density at radius 2 is 1.42 bits per heavy atom. The van der Waals surface area contributed by atoms with Crippen molar-refractivity contribution in [2.75, 3.05) is 18.1 Å². The van der Waals surface area contributed by atoms with E-state index in [4.69, 9.17) is 9.47 Å².